The van der Waals surface area contributed by atoms with Crippen molar-refractivity contribution in [2.24, 2.45) is 0 Å². The summed E-state index contributed by atoms with van der Waals surface area (Å²) in [5.74, 6) is 0.134. The molecule has 0 spiro atoms. The third kappa shape index (κ3) is 11.8. The molecule has 0 aliphatic carbocycles. The number of piperazine rings is 2. The van der Waals surface area contributed by atoms with E-state index >= 15 is 0 Å². The van der Waals surface area contributed by atoms with Gasteiger partial charge in [-0.05, 0) is 112 Å². The number of carbonyl (C=O) groups excluding carboxylic acids is 2. The van der Waals surface area contributed by atoms with Gasteiger partial charge in [-0.25, -0.2) is 19.0 Å². The lowest BCUT2D eigenvalue weighted by molar-refractivity contribution is -0.144. The predicted molar refractivity (Wildman–Crippen MR) is 296 cm³/mol. The van der Waals surface area contributed by atoms with Crippen molar-refractivity contribution in [1.29, 1.82) is 10.5 Å². The highest BCUT2D eigenvalue weighted by Gasteiger charge is 2.42. The second kappa shape index (κ2) is 24.5. The molecule has 18 nitrogen and oxygen atoms in total. The van der Waals surface area contributed by atoms with E-state index in [4.69, 9.17) is 9.47 Å². The minimum atomic E-state index is -4.75. The molecule has 2 aliphatic heterocycles. The van der Waals surface area contributed by atoms with Gasteiger partial charge in [0, 0.05) is 73.6 Å². The van der Waals surface area contributed by atoms with Crippen molar-refractivity contribution in [3.8, 4) is 46.2 Å². The molecule has 2 fully saturated rings. The number of aliphatic hydroxyl groups is 2. The third-order valence-electron chi connectivity index (χ3n) is 15.4. The second-order valence-corrected chi connectivity index (χ2v) is 20.5. The number of nitriles is 2. The van der Waals surface area contributed by atoms with Gasteiger partial charge in [0.05, 0.1) is 86.6 Å². The first kappa shape index (κ1) is 59.7. The van der Waals surface area contributed by atoms with Crippen LogP contribution in [0, 0.1) is 36.5 Å². The Kier molecular flexibility index (Phi) is 17.4. The Morgan fingerprint density at radius 3 is 1.29 bits per heavy atom. The molecule has 4 aromatic carbocycles. The van der Waals surface area contributed by atoms with Gasteiger partial charge in [-0.1, -0.05) is 24.3 Å². The summed E-state index contributed by atoms with van der Waals surface area (Å²) in [4.78, 5) is 43.9. The number of alkyl halides is 6. The number of rotatable bonds is 12. The number of nitrogens with zero attached hydrogens (tertiary/aromatic N) is 12. The summed E-state index contributed by atoms with van der Waals surface area (Å²) < 4.78 is 97.6. The Morgan fingerprint density at radius 2 is 0.976 bits per heavy atom. The van der Waals surface area contributed by atoms with Crippen LogP contribution in [0.3, 0.4) is 0 Å². The molecule has 8 aromatic rings. The zero-order valence-corrected chi connectivity index (χ0v) is 46.5. The number of aliphatic hydroxyl groups excluding tert-OH is 2. The first-order chi connectivity index (χ1) is 40.1. The highest BCUT2D eigenvalue weighted by Crippen LogP contribution is 2.39. The van der Waals surface area contributed by atoms with Crippen LogP contribution in [0.25, 0.3) is 33.8 Å². The van der Waals surface area contributed by atoms with Crippen LogP contribution < -0.4 is 9.47 Å². The first-order valence-corrected chi connectivity index (χ1v) is 26.7. The third-order valence-corrected chi connectivity index (χ3v) is 15.4. The van der Waals surface area contributed by atoms with Crippen molar-refractivity contribution >= 4 is 23.1 Å². The molecule has 10 rings (SSSR count). The van der Waals surface area contributed by atoms with Crippen LogP contribution in [0.4, 0.5) is 26.3 Å². The molecule has 4 atom stereocenters. The van der Waals surface area contributed by atoms with Gasteiger partial charge in [0.2, 0.25) is 0 Å². The summed E-state index contributed by atoms with van der Waals surface area (Å²) in [6.45, 7) is 8.19. The smallest absolute Gasteiger partial charge is 0.433 e. The number of ether oxygens (including phenoxy) is 2. The zero-order valence-electron chi connectivity index (χ0n) is 46.5. The predicted octanol–water partition coefficient (Wildman–Crippen LogP) is 8.97. The summed E-state index contributed by atoms with van der Waals surface area (Å²) in [7, 11) is 2.99. The van der Waals surface area contributed by atoms with Gasteiger partial charge >= 0.3 is 12.4 Å². The van der Waals surface area contributed by atoms with Gasteiger partial charge < -0.3 is 29.5 Å². The number of fused-ring (bicyclic) bond motifs is 2. The van der Waals surface area contributed by atoms with E-state index < -0.39 is 35.6 Å². The molecule has 2 amide bonds. The summed E-state index contributed by atoms with van der Waals surface area (Å²) in [6, 6.07) is 29.8. The minimum Gasteiger partial charge on any atom is -0.497 e. The highest BCUT2D eigenvalue weighted by atomic mass is 19.4. The molecule has 2 saturated heterocycles. The van der Waals surface area contributed by atoms with Crippen molar-refractivity contribution in [1.82, 2.24) is 48.8 Å². The lowest BCUT2D eigenvalue weighted by Crippen LogP contribution is -2.55. The maximum absolute atomic E-state index is 14.3. The van der Waals surface area contributed by atoms with Crippen LogP contribution in [-0.2, 0) is 12.4 Å². The largest absolute Gasteiger partial charge is 0.497 e. The fraction of sp³-hybridized carbons (Fsp3) is 0.333. The SMILES string of the molecule is COc1ccc(-c2nc3c(C(=O)N4CCN([C@@H](CO)c5cccc(C#N)c5)C[C@H]4C)cnn3c(C(F)(F)F)c2C)cc1.COc1ccc(-c2nc3c(C(=O)N4CCN([C@H](CO)c5cccc(C#N)c5)C[C@H]4C)cnn3c(C(F)(F)F)c2C)cc1. The van der Waals surface area contributed by atoms with Gasteiger partial charge in [0.15, 0.2) is 22.7 Å². The van der Waals surface area contributed by atoms with E-state index in [1.165, 1.54) is 28.1 Å². The second-order valence-electron chi connectivity index (χ2n) is 20.5. The van der Waals surface area contributed by atoms with Crippen molar-refractivity contribution in [3.05, 3.63) is 165 Å². The molecule has 2 N–H and O–H groups in total. The average molecular weight is 1160 g/mol. The van der Waals surface area contributed by atoms with Gasteiger partial charge in [-0.15, -0.1) is 0 Å². The van der Waals surface area contributed by atoms with Gasteiger partial charge in [-0.3, -0.25) is 19.4 Å². The van der Waals surface area contributed by atoms with E-state index in [1.807, 2.05) is 35.8 Å². The normalized spacial score (nSPS) is 16.8. The van der Waals surface area contributed by atoms with E-state index in [1.54, 1.807) is 94.7 Å². The Morgan fingerprint density at radius 1 is 0.607 bits per heavy atom. The average Bonchev–Trinajstić information content (AvgIpc) is 3.19. The lowest BCUT2D eigenvalue weighted by atomic mass is 10.0. The van der Waals surface area contributed by atoms with Crippen molar-refractivity contribution < 1.29 is 55.6 Å². The van der Waals surface area contributed by atoms with E-state index in [0.717, 1.165) is 23.5 Å². The molecule has 0 radical (unpaired) electrons. The molecule has 0 unspecified atom stereocenters. The number of amides is 2. The van der Waals surface area contributed by atoms with E-state index in [0.29, 0.717) is 69.0 Å². The molecular formula is C60H58F6N12O6. The van der Waals surface area contributed by atoms with Crippen LogP contribution in [0.1, 0.15) is 91.4 Å². The molecule has 6 heterocycles. The standard InChI is InChI=1S/2C30H29F3N6O3/c2*1-18-16-37(25(17-40)22-6-4-5-20(13-22)14-34)11-12-38(18)29(41)24-15-35-39-27(30(31,32)33)19(2)26(36-28(24)39)21-7-9-23(42-3)10-8-21/h2*4-10,13,15,18,25,40H,11-12,16-17H2,1-3H3/t18-,25+;18-,25-/m11/s1. The maximum atomic E-state index is 14.3. The Hall–Kier alpha value is -8.94. The number of hydrogen-bond donors (Lipinski definition) is 2. The number of benzene rings is 4. The minimum absolute atomic E-state index is 0.0315. The first-order valence-electron chi connectivity index (χ1n) is 26.7. The van der Waals surface area contributed by atoms with E-state index in [-0.39, 0.29) is 95.4 Å². The van der Waals surface area contributed by atoms with Crippen molar-refractivity contribution in [2.75, 3.05) is 66.7 Å². The van der Waals surface area contributed by atoms with Crippen LogP contribution in [0.5, 0.6) is 11.5 Å². The van der Waals surface area contributed by atoms with E-state index in [2.05, 4.69) is 32.3 Å². The number of aromatic nitrogens is 6. The number of halogens is 6. The number of methoxy groups -OCH3 is 2. The molecule has 2 aliphatic rings. The van der Waals surface area contributed by atoms with E-state index in [9.17, 15) is 56.7 Å². The van der Waals surface area contributed by atoms with Gasteiger partial charge in [0.25, 0.3) is 11.8 Å². The van der Waals surface area contributed by atoms with Gasteiger partial charge in [0.1, 0.15) is 22.6 Å². The quantitative estimate of drug-likeness (QED) is 0.109. The molecule has 0 bridgehead atoms. The topological polar surface area (TPSA) is 214 Å². The lowest BCUT2D eigenvalue weighted by Gasteiger charge is -2.43. The molecule has 4 aromatic heterocycles. The van der Waals surface area contributed by atoms with Crippen LogP contribution in [-0.4, -0.2) is 150 Å². The maximum Gasteiger partial charge on any atom is 0.433 e. The summed E-state index contributed by atoms with van der Waals surface area (Å²) >= 11 is 0. The highest BCUT2D eigenvalue weighted by molar-refractivity contribution is 6.01. The fourth-order valence-electron chi connectivity index (χ4n) is 11.1. The monoisotopic (exact) mass is 1160 g/mol. The summed E-state index contributed by atoms with van der Waals surface area (Å²) in [6.07, 6.45) is -7.22. The number of hydrogen-bond acceptors (Lipinski definition) is 14. The van der Waals surface area contributed by atoms with Crippen LogP contribution in [0.2, 0.25) is 0 Å². The molecule has 0 saturated carbocycles. The summed E-state index contributed by atoms with van der Waals surface area (Å²) in [5, 5.41) is 46.8. The molecule has 24 heteroatoms. The van der Waals surface area contributed by atoms with Crippen LogP contribution >= 0.6 is 0 Å². The number of carbonyl (C=O) groups is 2. The molecular weight excluding hydrogens is 1100 g/mol. The zero-order chi connectivity index (χ0) is 60.4. The Balaban J connectivity index is 0.000000202. The van der Waals surface area contributed by atoms with Crippen molar-refractivity contribution in [2.45, 2.75) is 64.2 Å². The van der Waals surface area contributed by atoms with Crippen LogP contribution in [0.15, 0.2) is 109 Å². The fourth-order valence-corrected chi connectivity index (χ4v) is 11.1. The Bertz CT molecular complexity index is 3570. The summed E-state index contributed by atoms with van der Waals surface area (Å²) in [5.41, 5.74) is 0.967. The van der Waals surface area contributed by atoms with Gasteiger partial charge in [-0.2, -0.15) is 47.1 Å². The molecule has 84 heavy (non-hydrogen) atoms. The Labute approximate surface area is 478 Å². The van der Waals surface area contributed by atoms with Crippen molar-refractivity contribution in [3.63, 3.8) is 0 Å². The molecule has 436 valence electrons.